The van der Waals surface area contributed by atoms with Gasteiger partial charge in [-0.25, -0.2) is 0 Å². The van der Waals surface area contributed by atoms with Gasteiger partial charge in [0.1, 0.15) is 6.67 Å². The summed E-state index contributed by atoms with van der Waals surface area (Å²) in [5.74, 6) is 0. The van der Waals surface area contributed by atoms with E-state index in [2.05, 4.69) is 26.2 Å². The highest BCUT2D eigenvalue weighted by molar-refractivity contribution is 9.11. The molecule has 0 aromatic rings. The molecule has 0 unspecified atom stereocenters. The first-order valence-corrected chi connectivity index (χ1v) is 3.48. The third kappa shape index (κ3) is 2.01. The van der Waals surface area contributed by atoms with Gasteiger partial charge in [0.05, 0.1) is 0 Å². The topological polar surface area (TPSA) is 26.5 Å². The van der Waals surface area contributed by atoms with Crippen molar-refractivity contribution in [1.82, 2.24) is 5.32 Å². The fourth-order valence-electron chi connectivity index (χ4n) is 0.532. The van der Waals surface area contributed by atoms with Gasteiger partial charge in [0.25, 0.3) is 0 Å². The first-order chi connectivity index (χ1) is 4.43. The molecule has 0 N–H and O–H groups in total. The predicted molar refractivity (Wildman–Crippen MR) is 41.6 cm³/mol. The lowest BCUT2D eigenvalue weighted by Crippen LogP contribution is -2.03. The molecule has 0 atom stereocenters. The zero-order chi connectivity index (χ0) is 6.53. The second-order valence-corrected chi connectivity index (χ2v) is 2.09. The zero-order valence-corrected chi connectivity index (χ0v) is 6.37. The first kappa shape index (κ1) is 6.55. The van der Waals surface area contributed by atoms with Crippen LogP contribution >= 0.6 is 15.9 Å². The molecule has 1 aliphatic rings. The Labute approximate surface area is 62.5 Å². The van der Waals surface area contributed by atoms with Gasteiger partial charge in [0.2, 0.25) is 0 Å². The van der Waals surface area contributed by atoms with Crippen molar-refractivity contribution in [2.45, 2.75) is 0 Å². The minimum absolute atomic E-state index is 0.569. The maximum Gasteiger partial charge on any atom is 0.129 e. The summed E-state index contributed by atoms with van der Waals surface area (Å²) in [5.41, 5.74) is 1.03. The van der Waals surface area contributed by atoms with Crippen LogP contribution < -0.4 is 5.32 Å². The van der Waals surface area contributed by atoms with E-state index in [-0.39, 0.29) is 0 Å². The van der Waals surface area contributed by atoms with E-state index in [4.69, 9.17) is 0 Å². The van der Waals surface area contributed by atoms with Crippen LogP contribution in [0.5, 0.6) is 0 Å². The van der Waals surface area contributed by atoms with E-state index < -0.39 is 0 Å². The maximum absolute atomic E-state index is 3.95. The lowest BCUT2D eigenvalue weighted by Gasteiger charge is -1.99. The molecule has 0 saturated carbocycles. The van der Waals surface area contributed by atoms with Crippen LogP contribution in [0.25, 0.3) is 0 Å². The number of aliphatic imine (C=N–C) groups is 1. The van der Waals surface area contributed by atoms with Crippen LogP contribution in [0.15, 0.2) is 27.8 Å². The Morgan fingerprint density at radius 2 is 2.56 bits per heavy atom. The standard InChI is InChI=1S/C6H6BrN2/c7-2-1-6-3-8-5-9-4-6/h1-4H,5H2/b2-1+. The second kappa shape index (κ2) is 3.45. The van der Waals surface area contributed by atoms with Crippen molar-refractivity contribution in [1.29, 1.82) is 0 Å². The van der Waals surface area contributed by atoms with Crippen LogP contribution in [0.2, 0.25) is 0 Å². The van der Waals surface area contributed by atoms with E-state index in [0.717, 1.165) is 5.57 Å². The van der Waals surface area contributed by atoms with E-state index in [1.165, 1.54) is 0 Å². The average Bonchev–Trinajstić information content (AvgIpc) is 1.91. The molecule has 1 heterocycles. The number of hydrogen-bond donors (Lipinski definition) is 0. The predicted octanol–water partition coefficient (Wildman–Crippen LogP) is 1.43. The largest absolute Gasteiger partial charge is 0.269 e. The summed E-state index contributed by atoms with van der Waals surface area (Å²) in [6, 6.07) is 0. The zero-order valence-electron chi connectivity index (χ0n) is 4.79. The van der Waals surface area contributed by atoms with Crippen LogP contribution in [-0.4, -0.2) is 12.9 Å². The molecule has 1 rings (SSSR count). The van der Waals surface area contributed by atoms with Gasteiger partial charge in [0, 0.05) is 18.0 Å². The van der Waals surface area contributed by atoms with Crippen LogP contribution in [0, 0.1) is 0 Å². The summed E-state index contributed by atoms with van der Waals surface area (Å²) < 4.78 is 0. The Bertz CT molecular complexity index is 166. The van der Waals surface area contributed by atoms with Crippen LogP contribution in [0.4, 0.5) is 0 Å². The van der Waals surface area contributed by atoms with Crippen LogP contribution in [0.3, 0.4) is 0 Å². The molecule has 47 valence electrons. The van der Waals surface area contributed by atoms with Gasteiger partial charge >= 0.3 is 0 Å². The highest BCUT2D eigenvalue weighted by atomic mass is 79.9. The van der Waals surface area contributed by atoms with Crippen molar-refractivity contribution in [2.75, 3.05) is 6.67 Å². The fourth-order valence-corrected chi connectivity index (χ4v) is 0.837. The van der Waals surface area contributed by atoms with Crippen molar-refractivity contribution in [2.24, 2.45) is 4.99 Å². The van der Waals surface area contributed by atoms with E-state index >= 15 is 0 Å². The molecule has 0 saturated heterocycles. The Balaban J connectivity index is 2.58. The lowest BCUT2D eigenvalue weighted by atomic mass is 10.3. The number of hydrogen-bond acceptors (Lipinski definition) is 1. The van der Waals surface area contributed by atoms with Gasteiger partial charge in [-0.05, 0) is 11.1 Å². The molecule has 2 nitrogen and oxygen atoms in total. The first-order valence-electron chi connectivity index (χ1n) is 2.57. The summed E-state index contributed by atoms with van der Waals surface area (Å²) in [6.45, 7) is 0.569. The SMILES string of the molecule is Br/C=C/C1=C[N]CN=C1. The molecule has 0 aromatic heterocycles. The summed E-state index contributed by atoms with van der Waals surface area (Å²) in [4.78, 5) is 5.73. The van der Waals surface area contributed by atoms with Gasteiger partial charge in [0.15, 0.2) is 0 Å². The van der Waals surface area contributed by atoms with Gasteiger partial charge in [-0.3, -0.25) is 10.3 Å². The number of halogens is 1. The monoisotopic (exact) mass is 185 g/mol. The molecule has 3 heteroatoms. The van der Waals surface area contributed by atoms with Crippen molar-refractivity contribution in [3.8, 4) is 0 Å². The van der Waals surface area contributed by atoms with E-state index in [0.29, 0.717) is 6.67 Å². The van der Waals surface area contributed by atoms with E-state index in [1.807, 2.05) is 6.08 Å². The molecule has 0 aliphatic carbocycles. The van der Waals surface area contributed by atoms with Crippen molar-refractivity contribution >= 4 is 22.1 Å². The quantitative estimate of drug-likeness (QED) is 0.592. The summed E-state index contributed by atoms with van der Waals surface area (Å²) in [7, 11) is 0. The average molecular weight is 186 g/mol. The molecular weight excluding hydrogens is 180 g/mol. The minimum Gasteiger partial charge on any atom is -0.269 e. The molecule has 0 aromatic carbocycles. The number of allylic oxidation sites excluding steroid dienone is 2. The normalized spacial score (nSPS) is 17.7. The highest BCUT2D eigenvalue weighted by Crippen LogP contribution is 1.97. The second-order valence-electron chi connectivity index (χ2n) is 1.56. The number of nitrogens with zero attached hydrogens (tertiary/aromatic N) is 2. The summed E-state index contributed by atoms with van der Waals surface area (Å²) in [6.07, 6.45) is 5.49. The summed E-state index contributed by atoms with van der Waals surface area (Å²) >= 11 is 3.16. The molecule has 1 aliphatic heterocycles. The molecule has 0 spiro atoms. The molecule has 0 amide bonds. The molecule has 1 radical (unpaired) electrons. The van der Waals surface area contributed by atoms with Crippen molar-refractivity contribution in [3.63, 3.8) is 0 Å². The van der Waals surface area contributed by atoms with Gasteiger partial charge in [-0.1, -0.05) is 15.9 Å². The van der Waals surface area contributed by atoms with Crippen molar-refractivity contribution < 1.29 is 0 Å². The highest BCUT2D eigenvalue weighted by Gasteiger charge is 1.90. The molecular formula is C6H6BrN2. The molecule has 0 fully saturated rings. The Kier molecular flexibility index (Phi) is 2.51. The Morgan fingerprint density at radius 3 is 3.11 bits per heavy atom. The summed E-state index contributed by atoms with van der Waals surface area (Å²) in [5, 5.41) is 3.95. The smallest absolute Gasteiger partial charge is 0.129 e. The third-order valence-electron chi connectivity index (χ3n) is 0.899. The fraction of sp³-hybridized carbons (Fsp3) is 0.167. The van der Waals surface area contributed by atoms with Gasteiger partial charge < -0.3 is 0 Å². The van der Waals surface area contributed by atoms with Gasteiger partial charge in [-0.15, -0.1) is 0 Å². The van der Waals surface area contributed by atoms with Crippen molar-refractivity contribution in [3.05, 3.63) is 22.8 Å². The third-order valence-corrected chi connectivity index (χ3v) is 1.16. The van der Waals surface area contributed by atoms with Crippen LogP contribution in [-0.2, 0) is 0 Å². The molecule has 9 heavy (non-hydrogen) atoms. The minimum atomic E-state index is 0.569. The molecule has 0 bridgehead atoms. The maximum atomic E-state index is 3.95. The van der Waals surface area contributed by atoms with Crippen LogP contribution in [0.1, 0.15) is 0 Å². The Morgan fingerprint density at radius 1 is 1.67 bits per heavy atom. The van der Waals surface area contributed by atoms with E-state index in [1.54, 1.807) is 17.4 Å². The lowest BCUT2D eigenvalue weighted by molar-refractivity contribution is 0.857. The Hall–Kier alpha value is -0.570. The van der Waals surface area contributed by atoms with E-state index in [9.17, 15) is 0 Å². The number of rotatable bonds is 1. The van der Waals surface area contributed by atoms with Gasteiger partial charge in [-0.2, -0.15) is 0 Å².